The Labute approximate surface area is 104 Å². The average Bonchev–Trinajstić information content (AvgIpc) is 2.08. The summed E-state index contributed by atoms with van der Waals surface area (Å²) in [6.45, 7) is 1.68. The van der Waals surface area contributed by atoms with Gasteiger partial charge in [0.05, 0.1) is 5.38 Å². The lowest BCUT2D eigenvalue weighted by Gasteiger charge is -2.03. The van der Waals surface area contributed by atoms with Crippen molar-refractivity contribution in [3.63, 3.8) is 0 Å². The van der Waals surface area contributed by atoms with Crippen LogP contribution in [0.3, 0.4) is 0 Å². The van der Waals surface area contributed by atoms with Crippen LogP contribution < -0.4 is 0 Å². The lowest BCUT2D eigenvalue weighted by atomic mass is 10.1. The predicted molar refractivity (Wildman–Crippen MR) is 66.5 cm³/mol. The van der Waals surface area contributed by atoms with Crippen LogP contribution in [0.25, 0.3) is 0 Å². The molecule has 0 fully saturated rings. The topological polar surface area (TPSA) is 17.1 Å². The summed E-state index contributed by atoms with van der Waals surface area (Å²) in [6.07, 6.45) is 0. The molecule has 0 aliphatic carbocycles. The summed E-state index contributed by atoms with van der Waals surface area (Å²) in [4.78, 5) is 11.5. The highest BCUT2D eigenvalue weighted by molar-refractivity contribution is 14.1. The average molecular weight is 373 g/mol. The maximum Gasteiger partial charge on any atom is 0.180 e. The molecule has 1 aromatic carbocycles. The molecular weight excluding hydrogens is 366 g/mol. The van der Waals surface area contributed by atoms with E-state index in [4.69, 9.17) is 11.6 Å². The number of hydrogen-bond donors (Lipinski definition) is 0. The number of hydrogen-bond acceptors (Lipinski definition) is 1. The molecule has 0 aliphatic heterocycles. The van der Waals surface area contributed by atoms with Crippen LogP contribution >= 0.6 is 50.1 Å². The van der Waals surface area contributed by atoms with Crippen molar-refractivity contribution >= 4 is 55.9 Å². The van der Waals surface area contributed by atoms with Crippen LogP contribution in [0.15, 0.2) is 22.7 Å². The lowest BCUT2D eigenvalue weighted by molar-refractivity contribution is 0.0991. The van der Waals surface area contributed by atoms with Gasteiger partial charge in [-0.05, 0) is 57.6 Å². The number of Topliss-reactive ketones (excluding diaryl/α,β-unsaturated/α-hetero) is 1. The Morgan fingerprint density at radius 2 is 2.23 bits per heavy atom. The van der Waals surface area contributed by atoms with Crippen molar-refractivity contribution in [1.82, 2.24) is 0 Å². The molecule has 0 N–H and O–H groups in total. The molecule has 0 amide bonds. The first-order valence-electron chi connectivity index (χ1n) is 3.65. The van der Waals surface area contributed by atoms with Crippen LogP contribution in [-0.4, -0.2) is 11.2 Å². The molecule has 0 aliphatic rings. The van der Waals surface area contributed by atoms with Crippen molar-refractivity contribution < 1.29 is 4.79 Å². The standard InChI is InChI=1S/C9H7BrClIO/c1-5(11)9(13)6-2-3-7(10)8(12)4-6/h2-5H,1H3. The third-order valence-corrected chi connectivity index (χ3v) is 4.09. The van der Waals surface area contributed by atoms with E-state index in [1.807, 2.05) is 12.1 Å². The first kappa shape index (κ1) is 11.5. The van der Waals surface area contributed by atoms with E-state index in [0.717, 1.165) is 8.04 Å². The van der Waals surface area contributed by atoms with Gasteiger partial charge >= 0.3 is 0 Å². The van der Waals surface area contributed by atoms with Gasteiger partial charge in [-0.15, -0.1) is 11.6 Å². The number of rotatable bonds is 2. The molecule has 1 aromatic rings. The molecule has 1 atom stereocenters. The Hall–Kier alpha value is 0.390. The van der Waals surface area contributed by atoms with Crippen molar-refractivity contribution in [2.24, 2.45) is 0 Å². The number of ketones is 1. The lowest BCUT2D eigenvalue weighted by Crippen LogP contribution is -2.10. The molecule has 0 radical (unpaired) electrons. The maximum atomic E-state index is 11.5. The highest BCUT2D eigenvalue weighted by Crippen LogP contribution is 2.21. The second-order valence-electron chi connectivity index (χ2n) is 2.61. The minimum atomic E-state index is -0.461. The Bertz CT molecular complexity index is 338. The normalized spacial score (nSPS) is 12.6. The van der Waals surface area contributed by atoms with E-state index < -0.39 is 5.38 Å². The van der Waals surface area contributed by atoms with Gasteiger partial charge in [-0.25, -0.2) is 0 Å². The summed E-state index contributed by atoms with van der Waals surface area (Å²) in [5.74, 6) is -0.0351. The highest BCUT2D eigenvalue weighted by atomic mass is 127. The maximum absolute atomic E-state index is 11.5. The minimum Gasteiger partial charge on any atom is -0.293 e. The molecule has 1 rings (SSSR count). The van der Waals surface area contributed by atoms with Gasteiger partial charge in [-0.3, -0.25) is 4.79 Å². The smallest absolute Gasteiger partial charge is 0.180 e. The predicted octanol–water partition coefficient (Wildman–Crippen LogP) is 3.86. The number of carbonyl (C=O) groups is 1. The Kier molecular flexibility index (Phi) is 4.19. The van der Waals surface area contributed by atoms with Crippen molar-refractivity contribution in [2.75, 3.05) is 0 Å². The zero-order valence-corrected chi connectivity index (χ0v) is 11.4. The molecule has 70 valence electrons. The fourth-order valence-electron chi connectivity index (χ4n) is 0.879. The molecule has 13 heavy (non-hydrogen) atoms. The summed E-state index contributed by atoms with van der Waals surface area (Å²) >= 11 is 11.2. The minimum absolute atomic E-state index is 0.0351. The number of carbonyl (C=O) groups excluding carboxylic acids is 1. The summed E-state index contributed by atoms with van der Waals surface area (Å²) in [5.41, 5.74) is 0.662. The molecule has 0 bridgehead atoms. The Morgan fingerprint density at radius 3 is 2.69 bits per heavy atom. The van der Waals surface area contributed by atoms with Crippen molar-refractivity contribution in [3.05, 3.63) is 31.8 Å². The van der Waals surface area contributed by atoms with Crippen LogP contribution in [0.2, 0.25) is 0 Å². The monoisotopic (exact) mass is 372 g/mol. The van der Waals surface area contributed by atoms with Gasteiger partial charge < -0.3 is 0 Å². The van der Waals surface area contributed by atoms with E-state index >= 15 is 0 Å². The molecule has 0 heterocycles. The van der Waals surface area contributed by atoms with Gasteiger partial charge in [-0.2, -0.15) is 0 Å². The van der Waals surface area contributed by atoms with Gasteiger partial charge in [0.15, 0.2) is 5.78 Å². The van der Waals surface area contributed by atoms with Gasteiger partial charge in [0, 0.05) is 13.6 Å². The van der Waals surface area contributed by atoms with Gasteiger partial charge in [0.25, 0.3) is 0 Å². The quantitative estimate of drug-likeness (QED) is 0.437. The van der Waals surface area contributed by atoms with Crippen LogP contribution in [0, 0.1) is 3.57 Å². The second-order valence-corrected chi connectivity index (χ2v) is 5.28. The van der Waals surface area contributed by atoms with Gasteiger partial charge in [0.1, 0.15) is 0 Å². The number of benzene rings is 1. The Balaban J connectivity index is 3.04. The van der Waals surface area contributed by atoms with Crippen LogP contribution in [0.4, 0.5) is 0 Å². The fourth-order valence-corrected chi connectivity index (χ4v) is 1.77. The zero-order chi connectivity index (χ0) is 10.0. The molecule has 4 heteroatoms. The molecule has 1 nitrogen and oxygen atoms in total. The van der Waals surface area contributed by atoms with E-state index in [1.54, 1.807) is 13.0 Å². The molecule has 1 unspecified atom stereocenters. The highest BCUT2D eigenvalue weighted by Gasteiger charge is 2.12. The van der Waals surface area contributed by atoms with Gasteiger partial charge in [-0.1, -0.05) is 6.07 Å². The van der Waals surface area contributed by atoms with Crippen molar-refractivity contribution in [3.8, 4) is 0 Å². The van der Waals surface area contributed by atoms with Gasteiger partial charge in [0.2, 0.25) is 0 Å². The van der Waals surface area contributed by atoms with Crippen LogP contribution in [-0.2, 0) is 0 Å². The fraction of sp³-hybridized carbons (Fsp3) is 0.222. The molecule has 0 saturated carbocycles. The SMILES string of the molecule is CC(Cl)C(=O)c1ccc(Br)c(I)c1. The molecular formula is C9H7BrClIO. The summed E-state index contributed by atoms with van der Waals surface area (Å²) in [5, 5.41) is -0.461. The summed E-state index contributed by atoms with van der Waals surface area (Å²) in [6, 6.07) is 5.45. The first-order valence-corrected chi connectivity index (χ1v) is 5.96. The van der Waals surface area contributed by atoms with Crippen molar-refractivity contribution in [1.29, 1.82) is 0 Å². The molecule has 0 aromatic heterocycles. The largest absolute Gasteiger partial charge is 0.293 e. The number of alkyl halides is 1. The van der Waals surface area contributed by atoms with Crippen LogP contribution in [0.5, 0.6) is 0 Å². The summed E-state index contributed by atoms with van der Waals surface area (Å²) < 4.78 is 2.01. The van der Waals surface area contributed by atoms with E-state index in [9.17, 15) is 4.79 Å². The van der Waals surface area contributed by atoms with Crippen LogP contribution in [0.1, 0.15) is 17.3 Å². The van der Waals surface area contributed by atoms with E-state index in [2.05, 4.69) is 38.5 Å². The van der Waals surface area contributed by atoms with Crippen molar-refractivity contribution in [2.45, 2.75) is 12.3 Å². The third-order valence-electron chi connectivity index (χ3n) is 1.57. The molecule has 0 saturated heterocycles. The van der Waals surface area contributed by atoms with E-state index in [1.165, 1.54) is 0 Å². The van der Waals surface area contributed by atoms with E-state index in [0.29, 0.717) is 5.56 Å². The molecule has 0 spiro atoms. The number of halogens is 3. The second kappa shape index (κ2) is 4.75. The van der Waals surface area contributed by atoms with E-state index in [-0.39, 0.29) is 5.78 Å². The third kappa shape index (κ3) is 2.92. The summed E-state index contributed by atoms with van der Waals surface area (Å²) in [7, 11) is 0. The first-order chi connectivity index (χ1) is 6.02. The Morgan fingerprint density at radius 1 is 1.62 bits per heavy atom. The zero-order valence-electron chi connectivity index (χ0n) is 6.85.